The summed E-state index contributed by atoms with van der Waals surface area (Å²) in [5.41, 5.74) is 2.01. The van der Waals surface area contributed by atoms with Gasteiger partial charge in [-0.3, -0.25) is 0 Å². The van der Waals surface area contributed by atoms with Crippen molar-refractivity contribution in [2.75, 3.05) is 19.7 Å². The number of carbonyl (C=O) groups excluding carboxylic acids is 1. The largest absolute Gasteiger partial charge is 0.370 e. The number of hydrogen-bond donors (Lipinski definition) is 1. The van der Waals surface area contributed by atoms with Gasteiger partial charge in [0.05, 0.1) is 18.2 Å². The number of urea groups is 1. The van der Waals surface area contributed by atoms with Crippen LogP contribution in [-0.2, 0) is 16.8 Å². The van der Waals surface area contributed by atoms with Gasteiger partial charge >= 0.3 is 6.03 Å². The van der Waals surface area contributed by atoms with Gasteiger partial charge < -0.3 is 15.0 Å². The maximum Gasteiger partial charge on any atom is 0.317 e. The number of likely N-dealkylation sites (tertiary alicyclic amines) is 1. The zero-order valence-corrected chi connectivity index (χ0v) is 15.7. The van der Waals surface area contributed by atoms with Crippen LogP contribution in [0.2, 0.25) is 0 Å². The second-order valence-electron chi connectivity index (χ2n) is 7.06. The van der Waals surface area contributed by atoms with Gasteiger partial charge in [-0.25, -0.2) is 9.18 Å². The summed E-state index contributed by atoms with van der Waals surface area (Å²) in [6, 6.07) is 8.21. The van der Waals surface area contributed by atoms with E-state index in [1.165, 1.54) is 22.6 Å². The summed E-state index contributed by atoms with van der Waals surface area (Å²) in [5.74, 6) is -0.270. The van der Waals surface area contributed by atoms with Gasteiger partial charge in [-0.15, -0.1) is 11.3 Å². The zero-order chi connectivity index (χ0) is 18.1. The number of piperidine rings is 1. The molecule has 4 nitrogen and oxygen atoms in total. The molecule has 1 aromatic heterocycles. The van der Waals surface area contributed by atoms with Crippen LogP contribution in [0.5, 0.6) is 0 Å². The van der Waals surface area contributed by atoms with E-state index in [0.717, 1.165) is 31.4 Å². The van der Waals surface area contributed by atoms with Crippen molar-refractivity contribution in [1.82, 2.24) is 10.2 Å². The van der Waals surface area contributed by atoms with Gasteiger partial charge in [0, 0.05) is 24.4 Å². The standard InChI is InChI=1S/C20H23FN2O2S/c1-14(15-2-4-16(21)5-3-15)22-19(24)23-10-8-20(9-11-23)17-7-13-26-18(17)6-12-25-20/h2-5,7,13-14H,6,8-12H2,1H3,(H,22,24)/t14-/m1/s1. The molecule has 0 aliphatic carbocycles. The molecule has 2 amide bonds. The van der Waals surface area contributed by atoms with Gasteiger partial charge in [0.2, 0.25) is 0 Å². The maximum atomic E-state index is 13.1. The number of carbonyl (C=O) groups is 1. The number of nitrogens with zero attached hydrogens (tertiary/aromatic N) is 1. The quantitative estimate of drug-likeness (QED) is 0.855. The number of ether oxygens (including phenoxy) is 1. The summed E-state index contributed by atoms with van der Waals surface area (Å²) in [6.45, 7) is 4.04. The molecule has 2 aromatic rings. The molecule has 1 N–H and O–H groups in total. The zero-order valence-electron chi connectivity index (χ0n) is 14.8. The van der Waals surface area contributed by atoms with Crippen molar-refractivity contribution in [3.8, 4) is 0 Å². The van der Waals surface area contributed by atoms with E-state index in [-0.39, 0.29) is 23.5 Å². The number of rotatable bonds is 2. The molecule has 26 heavy (non-hydrogen) atoms. The van der Waals surface area contributed by atoms with Crippen molar-refractivity contribution in [3.63, 3.8) is 0 Å². The minimum absolute atomic E-state index is 0.0713. The fourth-order valence-electron chi connectivity index (χ4n) is 3.95. The molecular weight excluding hydrogens is 351 g/mol. The lowest BCUT2D eigenvalue weighted by atomic mass is 9.82. The molecule has 0 radical (unpaired) electrons. The van der Waals surface area contributed by atoms with Crippen LogP contribution < -0.4 is 5.32 Å². The summed E-state index contributed by atoms with van der Waals surface area (Å²) in [7, 11) is 0. The highest BCUT2D eigenvalue weighted by Gasteiger charge is 2.42. The number of hydrogen-bond acceptors (Lipinski definition) is 3. The summed E-state index contributed by atoms with van der Waals surface area (Å²) in [5, 5.41) is 5.16. The third-order valence-corrected chi connectivity index (χ3v) is 6.49. The molecule has 6 heteroatoms. The summed E-state index contributed by atoms with van der Waals surface area (Å²) in [6.07, 6.45) is 2.65. The first-order valence-electron chi connectivity index (χ1n) is 9.09. The third kappa shape index (κ3) is 3.23. The van der Waals surface area contributed by atoms with E-state index in [1.54, 1.807) is 12.1 Å². The van der Waals surface area contributed by atoms with Crippen molar-refractivity contribution in [2.24, 2.45) is 0 Å². The summed E-state index contributed by atoms with van der Waals surface area (Å²) < 4.78 is 19.2. The van der Waals surface area contributed by atoms with Gasteiger partial charge in [0.15, 0.2) is 0 Å². The number of thiophene rings is 1. The molecule has 1 aromatic carbocycles. The molecule has 138 valence electrons. The Kier molecular flexibility index (Phi) is 4.71. The van der Waals surface area contributed by atoms with Gasteiger partial charge in [-0.1, -0.05) is 12.1 Å². The number of nitrogens with one attached hydrogen (secondary N) is 1. The second-order valence-corrected chi connectivity index (χ2v) is 8.06. The van der Waals surface area contributed by atoms with Crippen LogP contribution in [-0.4, -0.2) is 30.6 Å². The highest BCUT2D eigenvalue weighted by Crippen LogP contribution is 2.43. The Hall–Kier alpha value is -1.92. The monoisotopic (exact) mass is 374 g/mol. The van der Waals surface area contributed by atoms with Crippen LogP contribution in [0.4, 0.5) is 9.18 Å². The van der Waals surface area contributed by atoms with E-state index in [0.29, 0.717) is 13.1 Å². The number of halogens is 1. The second kappa shape index (κ2) is 7.00. The topological polar surface area (TPSA) is 41.6 Å². The van der Waals surface area contributed by atoms with Gasteiger partial charge in [0.1, 0.15) is 5.82 Å². The minimum Gasteiger partial charge on any atom is -0.370 e. The van der Waals surface area contributed by atoms with Gasteiger partial charge in [-0.05, 0) is 54.5 Å². The molecule has 4 rings (SSSR count). The molecule has 1 saturated heterocycles. The lowest BCUT2D eigenvalue weighted by molar-refractivity contribution is -0.0917. The van der Waals surface area contributed by atoms with E-state index in [2.05, 4.69) is 16.8 Å². The van der Waals surface area contributed by atoms with E-state index in [9.17, 15) is 9.18 Å². The van der Waals surface area contributed by atoms with Crippen LogP contribution in [0, 0.1) is 5.82 Å². The normalized spacial score (nSPS) is 19.8. The molecular formula is C20H23FN2O2S. The predicted octanol–water partition coefficient (Wildman–Crippen LogP) is 4.22. The fraction of sp³-hybridized carbons (Fsp3) is 0.450. The SMILES string of the molecule is C[C@@H](NC(=O)N1CCC2(CC1)OCCc1sccc12)c1ccc(F)cc1. The highest BCUT2D eigenvalue weighted by atomic mass is 32.1. The van der Waals surface area contributed by atoms with Crippen LogP contribution in [0.1, 0.15) is 41.8 Å². The molecule has 3 heterocycles. The molecule has 0 unspecified atom stereocenters. The first kappa shape index (κ1) is 17.5. The van der Waals surface area contributed by atoms with Crippen molar-refractivity contribution < 1.29 is 13.9 Å². The van der Waals surface area contributed by atoms with E-state index < -0.39 is 0 Å². The summed E-state index contributed by atoms with van der Waals surface area (Å²) in [4.78, 5) is 15.9. The van der Waals surface area contributed by atoms with Gasteiger partial charge in [-0.2, -0.15) is 0 Å². The van der Waals surface area contributed by atoms with Crippen molar-refractivity contribution in [3.05, 3.63) is 57.5 Å². The fourth-order valence-corrected chi connectivity index (χ4v) is 4.90. The highest BCUT2D eigenvalue weighted by molar-refractivity contribution is 7.10. The molecule has 2 aliphatic heterocycles. The minimum atomic E-state index is -0.270. The van der Waals surface area contributed by atoms with E-state index in [1.807, 2.05) is 23.2 Å². The molecule has 1 fully saturated rings. The van der Waals surface area contributed by atoms with Crippen LogP contribution in [0.15, 0.2) is 35.7 Å². The lowest BCUT2D eigenvalue weighted by Gasteiger charge is -2.44. The number of amides is 2. The summed E-state index contributed by atoms with van der Waals surface area (Å²) >= 11 is 1.81. The number of benzene rings is 1. The Labute approximate surface area is 157 Å². The van der Waals surface area contributed by atoms with Crippen molar-refractivity contribution in [2.45, 2.75) is 37.8 Å². The van der Waals surface area contributed by atoms with E-state index in [4.69, 9.17) is 4.74 Å². The first-order chi connectivity index (χ1) is 12.6. The predicted molar refractivity (Wildman–Crippen MR) is 99.8 cm³/mol. The van der Waals surface area contributed by atoms with Crippen LogP contribution >= 0.6 is 11.3 Å². The Morgan fingerprint density at radius 3 is 2.73 bits per heavy atom. The van der Waals surface area contributed by atoms with Crippen molar-refractivity contribution >= 4 is 17.4 Å². The Morgan fingerprint density at radius 2 is 2.00 bits per heavy atom. The molecule has 2 aliphatic rings. The molecule has 0 saturated carbocycles. The lowest BCUT2D eigenvalue weighted by Crippen LogP contribution is -2.51. The van der Waals surface area contributed by atoms with E-state index >= 15 is 0 Å². The first-order valence-corrected chi connectivity index (χ1v) is 9.97. The van der Waals surface area contributed by atoms with Crippen LogP contribution in [0.3, 0.4) is 0 Å². The third-order valence-electron chi connectivity index (χ3n) is 5.51. The Bertz CT molecular complexity index is 781. The Morgan fingerprint density at radius 1 is 1.27 bits per heavy atom. The average molecular weight is 374 g/mol. The molecule has 1 spiro atoms. The average Bonchev–Trinajstić information content (AvgIpc) is 3.13. The molecule has 1 atom stereocenters. The maximum absolute atomic E-state index is 13.1. The van der Waals surface area contributed by atoms with Crippen LogP contribution in [0.25, 0.3) is 0 Å². The Balaban J connectivity index is 1.38. The number of fused-ring (bicyclic) bond motifs is 2. The molecule has 0 bridgehead atoms. The van der Waals surface area contributed by atoms with Gasteiger partial charge in [0.25, 0.3) is 0 Å². The van der Waals surface area contributed by atoms with Crippen molar-refractivity contribution in [1.29, 1.82) is 0 Å². The smallest absolute Gasteiger partial charge is 0.317 e.